The smallest absolute Gasteiger partial charge is 0.416 e. The molecule has 4 aliphatic rings. The lowest BCUT2D eigenvalue weighted by Crippen LogP contribution is -2.29. The van der Waals surface area contributed by atoms with Gasteiger partial charge in [-0.2, -0.15) is 0 Å². The highest BCUT2D eigenvalue weighted by Crippen LogP contribution is 2.62. The second kappa shape index (κ2) is 9.09. The van der Waals surface area contributed by atoms with Crippen LogP contribution in [-0.4, -0.2) is 58.5 Å². The van der Waals surface area contributed by atoms with Gasteiger partial charge in [0.15, 0.2) is 0 Å². The van der Waals surface area contributed by atoms with Crippen LogP contribution in [0.4, 0.5) is 21.0 Å². The molecule has 6 rings (SSSR count). The van der Waals surface area contributed by atoms with Crippen molar-refractivity contribution in [1.29, 1.82) is 0 Å². The van der Waals surface area contributed by atoms with E-state index in [9.17, 15) is 9.59 Å². The van der Waals surface area contributed by atoms with E-state index in [1.165, 1.54) is 36.8 Å². The molecule has 0 spiro atoms. The van der Waals surface area contributed by atoms with Gasteiger partial charge in [-0.15, -0.1) is 0 Å². The van der Waals surface area contributed by atoms with Gasteiger partial charge in [0.1, 0.15) is 6.10 Å². The maximum absolute atomic E-state index is 12.4. The minimum absolute atomic E-state index is 0.0997. The van der Waals surface area contributed by atoms with Crippen molar-refractivity contribution in [2.75, 3.05) is 43.7 Å². The Morgan fingerprint density at radius 1 is 0.917 bits per heavy atom. The Balaban J connectivity index is 1.22. The molecule has 0 N–H and O–H groups in total. The Morgan fingerprint density at radius 3 is 2.22 bits per heavy atom. The van der Waals surface area contributed by atoms with Crippen molar-refractivity contribution in [2.45, 2.75) is 49.4 Å². The Morgan fingerprint density at radius 2 is 1.58 bits per heavy atom. The number of rotatable bonds is 7. The van der Waals surface area contributed by atoms with Gasteiger partial charge in [-0.05, 0) is 72.9 Å². The fourth-order valence-corrected chi connectivity index (χ4v) is 6.81. The van der Waals surface area contributed by atoms with Gasteiger partial charge in [0.25, 0.3) is 0 Å². The highest BCUT2D eigenvalue weighted by atomic mass is 16.7. The van der Waals surface area contributed by atoms with Crippen LogP contribution in [0, 0.1) is 5.92 Å². The van der Waals surface area contributed by atoms with Gasteiger partial charge in [0, 0.05) is 31.0 Å². The van der Waals surface area contributed by atoms with Crippen molar-refractivity contribution in [1.82, 2.24) is 0 Å². The number of ether oxygens (including phenoxy) is 4. The van der Waals surface area contributed by atoms with Crippen LogP contribution < -0.4 is 9.80 Å². The quantitative estimate of drug-likeness (QED) is 0.552. The van der Waals surface area contributed by atoms with E-state index in [0.29, 0.717) is 25.6 Å². The molecule has 4 fully saturated rings. The van der Waals surface area contributed by atoms with E-state index < -0.39 is 6.29 Å². The third kappa shape index (κ3) is 3.83. The van der Waals surface area contributed by atoms with Crippen molar-refractivity contribution in [3.8, 4) is 0 Å². The maximum atomic E-state index is 12.4. The van der Waals surface area contributed by atoms with Crippen LogP contribution in [0.3, 0.4) is 0 Å². The molecule has 2 bridgehead atoms. The van der Waals surface area contributed by atoms with Crippen molar-refractivity contribution >= 4 is 23.6 Å². The van der Waals surface area contributed by atoms with E-state index in [2.05, 4.69) is 36.4 Å². The van der Waals surface area contributed by atoms with Gasteiger partial charge in [-0.3, -0.25) is 9.80 Å². The molecular formula is C28H32N2O6. The van der Waals surface area contributed by atoms with Crippen molar-refractivity contribution in [3.05, 3.63) is 59.7 Å². The fourth-order valence-electron chi connectivity index (χ4n) is 6.81. The third-order valence-electron chi connectivity index (χ3n) is 8.52. The van der Waals surface area contributed by atoms with E-state index in [1.54, 1.807) is 24.0 Å². The maximum Gasteiger partial charge on any atom is 0.416 e. The molecule has 8 nitrogen and oxygen atoms in total. The summed E-state index contributed by atoms with van der Waals surface area (Å²) in [4.78, 5) is 27.9. The number of carbonyl (C=O) groups excluding carboxylic acids is 2. The summed E-state index contributed by atoms with van der Waals surface area (Å²) in [5, 5.41) is 0. The number of hydrogen-bond acceptors (Lipinski definition) is 6. The highest BCUT2D eigenvalue weighted by molar-refractivity contribution is 5.90. The summed E-state index contributed by atoms with van der Waals surface area (Å²) in [6.07, 6.45) is 3.33. The summed E-state index contributed by atoms with van der Waals surface area (Å²) in [6.45, 7) is 1.30. The fraction of sp³-hybridized carbons (Fsp3) is 0.500. The van der Waals surface area contributed by atoms with E-state index in [-0.39, 0.29) is 23.7 Å². The first kappa shape index (κ1) is 23.3. The number of cyclic esters (lactones) is 2. The molecule has 2 aliphatic heterocycles. The van der Waals surface area contributed by atoms with Crippen LogP contribution in [-0.2, 0) is 24.4 Å². The molecule has 0 aromatic heterocycles. The Kier molecular flexibility index (Phi) is 5.88. The monoisotopic (exact) mass is 492 g/mol. The third-order valence-corrected chi connectivity index (χ3v) is 8.52. The first-order valence-corrected chi connectivity index (χ1v) is 12.7. The van der Waals surface area contributed by atoms with Crippen molar-refractivity contribution < 1.29 is 28.5 Å². The average molecular weight is 493 g/mol. The summed E-state index contributed by atoms with van der Waals surface area (Å²) in [7, 11) is 3.16. The number of benzene rings is 2. The molecular weight excluding hydrogens is 460 g/mol. The molecule has 2 aliphatic carbocycles. The summed E-state index contributed by atoms with van der Waals surface area (Å²) >= 11 is 0. The van der Waals surface area contributed by atoms with Crippen LogP contribution in [0.15, 0.2) is 48.5 Å². The predicted octanol–water partition coefficient (Wildman–Crippen LogP) is 4.81. The van der Waals surface area contributed by atoms with E-state index >= 15 is 0 Å². The van der Waals surface area contributed by atoms with E-state index in [0.717, 1.165) is 17.3 Å². The molecule has 190 valence electrons. The van der Waals surface area contributed by atoms with Gasteiger partial charge < -0.3 is 18.9 Å². The minimum atomic E-state index is -0.526. The van der Waals surface area contributed by atoms with Crippen LogP contribution in [0.25, 0.3) is 0 Å². The largest absolute Gasteiger partial charge is 0.441 e. The van der Waals surface area contributed by atoms with Crippen LogP contribution >= 0.6 is 0 Å². The van der Waals surface area contributed by atoms with E-state index in [1.807, 2.05) is 12.1 Å². The number of anilines is 2. The predicted molar refractivity (Wildman–Crippen MR) is 133 cm³/mol. The lowest BCUT2D eigenvalue weighted by atomic mass is 9.67. The SMILES string of the molecule is COCC1CN(c2ccc(C34CCC(CC3c3ccc(N5CC(OC)OC5=O)cc3)C4)cc2)C(=O)O1. The molecule has 5 atom stereocenters. The zero-order chi connectivity index (χ0) is 24.9. The normalized spacial score (nSPS) is 31.3. The first-order chi connectivity index (χ1) is 17.5. The topological polar surface area (TPSA) is 77.5 Å². The van der Waals surface area contributed by atoms with Gasteiger partial charge in [-0.25, -0.2) is 9.59 Å². The highest BCUT2D eigenvalue weighted by Gasteiger charge is 2.53. The summed E-state index contributed by atoms with van der Waals surface area (Å²) in [6, 6.07) is 16.9. The Labute approximate surface area is 211 Å². The molecule has 5 unspecified atom stereocenters. The van der Waals surface area contributed by atoms with Crippen LogP contribution in [0.1, 0.15) is 42.7 Å². The van der Waals surface area contributed by atoms with Gasteiger partial charge >= 0.3 is 12.2 Å². The second-order valence-electron chi connectivity index (χ2n) is 10.4. The number of fused-ring (bicyclic) bond motifs is 2. The summed E-state index contributed by atoms with van der Waals surface area (Å²) < 4.78 is 21.0. The zero-order valence-electron chi connectivity index (χ0n) is 20.7. The van der Waals surface area contributed by atoms with Crippen LogP contribution in [0.5, 0.6) is 0 Å². The van der Waals surface area contributed by atoms with E-state index in [4.69, 9.17) is 18.9 Å². The molecule has 0 radical (unpaired) electrons. The van der Waals surface area contributed by atoms with Crippen molar-refractivity contribution in [2.24, 2.45) is 5.92 Å². The first-order valence-electron chi connectivity index (χ1n) is 12.7. The second-order valence-corrected chi connectivity index (χ2v) is 10.4. The summed E-state index contributed by atoms with van der Waals surface area (Å²) in [5.41, 5.74) is 4.44. The number of carbonyl (C=O) groups is 2. The van der Waals surface area contributed by atoms with Gasteiger partial charge in [0.2, 0.25) is 6.29 Å². The standard InChI is InChI=1S/C28H32N2O6/c1-33-17-23-15-29(26(31)35-23)22-9-5-20(6-10-22)28-12-11-18(14-28)13-24(28)19-3-7-21(8-4-19)30-16-25(34-2)36-27(30)32/h3-10,18,23-25H,11-17H2,1-2H3. The van der Waals surface area contributed by atoms with Crippen molar-refractivity contribution in [3.63, 3.8) is 0 Å². The van der Waals surface area contributed by atoms with Gasteiger partial charge in [0.05, 0.1) is 19.7 Å². The molecule has 2 aromatic rings. The molecule has 2 saturated carbocycles. The number of amides is 2. The Bertz CT molecular complexity index is 1140. The number of methoxy groups -OCH3 is 2. The zero-order valence-corrected chi connectivity index (χ0v) is 20.7. The lowest BCUT2D eigenvalue weighted by molar-refractivity contribution is -0.0488. The molecule has 2 amide bonds. The minimum Gasteiger partial charge on any atom is -0.441 e. The molecule has 8 heteroatoms. The molecule has 2 aromatic carbocycles. The molecule has 36 heavy (non-hydrogen) atoms. The average Bonchev–Trinajstić information content (AvgIpc) is 3.67. The van der Waals surface area contributed by atoms with Crippen LogP contribution in [0.2, 0.25) is 0 Å². The molecule has 2 heterocycles. The lowest BCUT2D eigenvalue weighted by Gasteiger charge is -2.36. The molecule has 2 saturated heterocycles. The number of hydrogen-bond donors (Lipinski definition) is 0. The summed E-state index contributed by atoms with van der Waals surface area (Å²) in [5.74, 6) is 1.16. The van der Waals surface area contributed by atoms with Gasteiger partial charge in [-0.1, -0.05) is 24.3 Å². The Hall–Kier alpha value is -3.10. The number of nitrogens with zero attached hydrogens (tertiary/aromatic N) is 2.